The third-order valence-corrected chi connectivity index (χ3v) is 5.06. The lowest BCUT2D eigenvalue weighted by atomic mass is 9.94. The van der Waals surface area contributed by atoms with Crippen molar-refractivity contribution in [1.29, 1.82) is 0 Å². The third kappa shape index (κ3) is 4.33. The topological polar surface area (TPSA) is 53.9 Å². The van der Waals surface area contributed by atoms with Crippen LogP contribution in [0.2, 0.25) is 0 Å². The van der Waals surface area contributed by atoms with E-state index in [4.69, 9.17) is 4.74 Å². The van der Waals surface area contributed by atoms with Gasteiger partial charge in [-0.15, -0.1) is 0 Å². The van der Waals surface area contributed by atoms with E-state index >= 15 is 0 Å². The highest BCUT2D eigenvalue weighted by Gasteiger charge is 2.78. The van der Waals surface area contributed by atoms with E-state index in [2.05, 4.69) is 4.99 Å². The van der Waals surface area contributed by atoms with Gasteiger partial charge in [0.1, 0.15) is 23.6 Å². The number of nitrogens with zero attached hydrogens (tertiary/aromatic N) is 2. The summed E-state index contributed by atoms with van der Waals surface area (Å²) in [5.41, 5.74) is -5.02. The minimum absolute atomic E-state index is 0.180. The van der Waals surface area contributed by atoms with Crippen LogP contribution in [0.4, 0.5) is 30.7 Å². The largest absolute Gasteiger partial charge is 0.494 e. The monoisotopic (exact) mass is 477 g/mol. The molecule has 1 atom stereocenters. The molecule has 0 radical (unpaired) electrons. The summed E-state index contributed by atoms with van der Waals surface area (Å²) in [7, 11) is 0.935. The second-order valence-electron chi connectivity index (χ2n) is 7.15. The molecule has 1 N–H and O–H groups in total. The number of likely N-dealkylation sites (N-methyl/N-ethyl adjacent to an activating group) is 1. The molecule has 1 unspecified atom stereocenters. The van der Waals surface area contributed by atoms with Gasteiger partial charge in [0, 0.05) is 18.2 Å². The van der Waals surface area contributed by atoms with Crippen LogP contribution in [0.15, 0.2) is 53.5 Å². The van der Waals surface area contributed by atoms with E-state index in [0.29, 0.717) is 17.3 Å². The van der Waals surface area contributed by atoms with Crippen LogP contribution in [0, 0.1) is 5.82 Å². The number of carbonyl (C=O) groups is 1. The van der Waals surface area contributed by atoms with Crippen molar-refractivity contribution in [2.75, 3.05) is 13.7 Å². The molecule has 1 aliphatic rings. The zero-order chi connectivity index (χ0) is 24.6. The Morgan fingerprint density at radius 1 is 1.03 bits per heavy atom. The minimum atomic E-state index is -5.92. The lowest BCUT2D eigenvalue weighted by molar-refractivity contribution is -0.304. The highest BCUT2D eigenvalue weighted by molar-refractivity contribution is 6.02. The van der Waals surface area contributed by atoms with Gasteiger partial charge in [0.05, 0.1) is 6.61 Å². The lowest BCUT2D eigenvalue weighted by Gasteiger charge is -2.38. The van der Waals surface area contributed by atoms with E-state index in [1.165, 1.54) is 24.3 Å². The maximum atomic E-state index is 14.0. The van der Waals surface area contributed by atoms with Gasteiger partial charge in [-0.05, 0) is 55.5 Å². The molecule has 1 heterocycles. The Kier molecular flexibility index (Phi) is 6.31. The minimum Gasteiger partial charge on any atom is -0.494 e. The number of benzene rings is 2. The van der Waals surface area contributed by atoms with Crippen LogP contribution >= 0.6 is 0 Å². The van der Waals surface area contributed by atoms with Crippen molar-refractivity contribution in [3.8, 4) is 5.75 Å². The van der Waals surface area contributed by atoms with Gasteiger partial charge >= 0.3 is 12.4 Å². The van der Waals surface area contributed by atoms with Gasteiger partial charge in [0.15, 0.2) is 0 Å². The van der Waals surface area contributed by atoms with Gasteiger partial charge in [-0.1, -0.05) is 0 Å². The fraction of sp³-hybridized carbons (Fsp3) is 0.333. The van der Waals surface area contributed by atoms with Crippen molar-refractivity contribution in [2.24, 2.45) is 4.99 Å². The molecule has 0 bridgehead atoms. The van der Waals surface area contributed by atoms with Gasteiger partial charge in [0.2, 0.25) is 0 Å². The summed E-state index contributed by atoms with van der Waals surface area (Å²) in [6.45, 7) is 2.03. The van der Waals surface area contributed by atoms with Crippen LogP contribution in [0.3, 0.4) is 0 Å². The van der Waals surface area contributed by atoms with Crippen LogP contribution < -0.4 is 10.1 Å². The zero-order valence-corrected chi connectivity index (χ0v) is 17.3. The summed E-state index contributed by atoms with van der Waals surface area (Å²) in [6, 6.07) is 8.88. The molecule has 0 saturated heterocycles. The molecule has 12 heteroatoms. The van der Waals surface area contributed by atoms with E-state index in [-0.39, 0.29) is 11.1 Å². The molecule has 0 fully saturated rings. The number of hydrogen-bond acceptors (Lipinski definition) is 4. The number of amidine groups is 1. The summed E-state index contributed by atoms with van der Waals surface area (Å²) in [5.74, 6) is -2.25. The molecule has 178 valence electrons. The van der Waals surface area contributed by atoms with E-state index in [1.807, 2.05) is 5.32 Å². The predicted octanol–water partition coefficient (Wildman–Crippen LogP) is 4.54. The molecular formula is C21H18F7N3O2. The number of alkyl halides is 6. The molecule has 3 rings (SSSR count). The third-order valence-electron chi connectivity index (χ3n) is 5.06. The highest BCUT2D eigenvalue weighted by atomic mass is 19.4. The fourth-order valence-corrected chi connectivity index (χ4v) is 3.45. The van der Waals surface area contributed by atoms with Crippen LogP contribution in [-0.4, -0.2) is 54.4 Å². The summed E-state index contributed by atoms with van der Waals surface area (Å²) in [6.07, 6.45) is -14.5. The molecular weight excluding hydrogens is 459 g/mol. The van der Waals surface area contributed by atoms with Crippen molar-refractivity contribution in [2.45, 2.75) is 31.0 Å². The smallest absolute Gasteiger partial charge is 0.426 e. The standard InChI is InChI=1S/C21H18F7N3O2/c1-3-33-15-10-6-13(7-11-15)17(32)29-18-19(20(23,24)25,21(26,27)28)30-16(31(18)2)12-4-8-14(22)9-5-12/h4-11,18H,3H2,1-2H3,(H,29,32). The zero-order valence-electron chi connectivity index (χ0n) is 17.3. The first kappa shape index (κ1) is 24.3. The molecule has 0 aromatic heterocycles. The number of hydrogen-bond donors (Lipinski definition) is 1. The first-order chi connectivity index (χ1) is 15.3. The number of ether oxygens (including phenoxy) is 1. The molecule has 1 amide bonds. The van der Waals surface area contributed by atoms with Gasteiger partial charge in [-0.2, -0.15) is 26.3 Å². The van der Waals surface area contributed by atoms with E-state index in [1.54, 1.807) is 6.92 Å². The average Bonchev–Trinajstić information content (AvgIpc) is 3.03. The number of amides is 1. The maximum absolute atomic E-state index is 14.0. The van der Waals surface area contributed by atoms with E-state index in [0.717, 1.165) is 31.3 Å². The number of halogens is 7. The van der Waals surface area contributed by atoms with Crippen LogP contribution in [-0.2, 0) is 0 Å². The summed E-state index contributed by atoms with van der Waals surface area (Å²) < 4.78 is 102. The van der Waals surface area contributed by atoms with Gasteiger partial charge in [-0.3, -0.25) is 4.79 Å². The van der Waals surface area contributed by atoms with Crippen LogP contribution in [0.25, 0.3) is 0 Å². The van der Waals surface area contributed by atoms with Gasteiger partial charge < -0.3 is 15.0 Å². The van der Waals surface area contributed by atoms with Crippen molar-refractivity contribution >= 4 is 11.7 Å². The molecule has 5 nitrogen and oxygen atoms in total. The Bertz CT molecular complexity index is 1020. The van der Waals surface area contributed by atoms with Crippen molar-refractivity contribution in [1.82, 2.24) is 10.2 Å². The molecule has 0 spiro atoms. The number of rotatable bonds is 5. The maximum Gasteiger partial charge on any atom is 0.426 e. The normalized spacial score (nSPS) is 18.2. The Morgan fingerprint density at radius 2 is 1.58 bits per heavy atom. The quantitative estimate of drug-likeness (QED) is 0.644. The van der Waals surface area contributed by atoms with Crippen molar-refractivity contribution in [3.05, 3.63) is 65.5 Å². The second kappa shape index (κ2) is 8.56. The highest BCUT2D eigenvalue weighted by Crippen LogP contribution is 2.51. The first-order valence-corrected chi connectivity index (χ1v) is 9.57. The summed E-state index contributed by atoms with van der Waals surface area (Å²) in [5, 5.41) is 1.83. The fourth-order valence-electron chi connectivity index (χ4n) is 3.45. The van der Waals surface area contributed by atoms with Crippen molar-refractivity contribution < 1.29 is 40.3 Å². The number of aliphatic imine (C=N–C) groups is 1. The summed E-state index contributed by atoms with van der Waals surface area (Å²) >= 11 is 0. The Labute approximate surface area is 183 Å². The second-order valence-corrected chi connectivity index (χ2v) is 7.15. The lowest BCUT2D eigenvalue weighted by Crippen LogP contribution is -2.68. The Balaban J connectivity index is 2.05. The number of nitrogens with one attached hydrogen (secondary N) is 1. The molecule has 1 aliphatic heterocycles. The Hall–Kier alpha value is -3.31. The number of carbonyl (C=O) groups excluding carboxylic acids is 1. The average molecular weight is 477 g/mol. The molecule has 0 aliphatic carbocycles. The molecule has 0 saturated carbocycles. The van der Waals surface area contributed by atoms with Crippen LogP contribution in [0.1, 0.15) is 22.8 Å². The van der Waals surface area contributed by atoms with E-state index in [9.17, 15) is 35.5 Å². The van der Waals surface area contributed by atoms with Crippen molar-refractivity contribution in [3.63, 3.8) is 0 Å². The Morgan fingerprint density at radius 3 is 2.06 bits per heavy atom. The van der Waals surface area contributed by atoms with Crippen LogP contribution in [0.5, 0.6) is 5.75 Å². The van der Waals surface area contributed by atoms with Gasteiger partial charge in [0.25, 0.3) is 11.4 Å². The molecule has 2 aromatic carbocycles. The molecule has 33 heavy (non-hydrogen) atoms. The summed E-state index contributed by atoms with van der Waals surface area (Å²) in [4.78, 5) is 16.2. The molecule has 2 aromatic rings. The SMILES string of the molecule is CCOc1ccc(C(=O)NC2N(C)C(c3ccc(F)cc3)=NC2(C(F)(F)F)C(F)(F)F)cc1. The van der Waals surface area contributed by atoms with Gasteiger partial charge in [-0.25, -0.2) is 9.38 Å². The predicted molar refractivity (Wildman–Crippen MR) is 104 cm³/mol. The first-order valence-electron chi connectivity index (χ1n) is 9.57. The van der Waals surface area contributed by atoms with E-state index < -0.39 is 41.6 Å².